The maximum absolute atomic E-state index is 12.1. The first-order valence-electron chi connectivity index (χ1n) is 7.73. The van der Waals surface area contributed by atoms with Gasteiger partial charge in [0.15, 0.2) is 0 Å². The van der Waals surface area contributed by atoms with Gasteiger partial charge in [-0.05, 0) is 29.8 Å². The zero-order chi connectivity index (χ0) is 17.4. The molecule has 128 valence electrons. The standard InChI is InChI=1S/C17H14Cl2N4O2/c18-10-2-1-3-12(6-10)21-17(24)25-23-5-4-15-14(9-23)13-7-11(19)8-20-16(13)22-15/h1-3,6-8H,4-5,9H2,(H,20,22)(H,21,24). The summed E-state index contributed by atoms with van der Waals surface area (Å²) in [7, 11) is 0. The predicted molar refractivity (Wildman–Crippen MR) is 96.8 cm³/mol. The molecule has 0 saturated carbocycles. The maximum atomic E-state index is 12.1. The van der Waals surface area contributed by atoms with Gasteiger partial charge in [-0.15, -0.1) is 5.06 Å². The molecule has 0 saturated heterocycles. The minimum absolute atomic E-state index is 0.473. The number of anilines is 1. The average Bonchev–Trinajstić information content (AvgIpc) is 2.92. The van der Waals surface area contributed by atoms with Crippen LogP contribution in [0.5, 0.6) is 0 Å². The van der Waals surface area contributed by atoms with Crippen LogP contribution in [0.15, 0.2) is 36.5 Å². The molecule has 0 aliphatic carbocycles. The van der Waals surface area contributed by atoms with Gasteiger partial charge in [-0.2, -0.15) is 0 Å². The number of carbonyl (C=O) groups is 1. The lowest BCUT2D eigenvalue weighted by atomic mass is 10.1. The van der Waals surface area contributed by atoms with Crippen molar-refractivity contribution in [1.29, 1.82) is 0 Å². The van der Waals surface area contributed by atoms with Crippen LogP contribution < -0.4 is 5.32 Å². The van der Waals surface area contributed by atoms with E-state index in [1.54, 1.807) is 35.5 Å². The van der Waals surface area contributed by atoms with E-state index in [1.807, 2.05) is 6.07 Å². The van der Waals surface area contributed by atoms with Crippen molar-refractivity contribution in [1.82, 2.24) is 15.0 Å². The van der Waals surface area contributed by atoms with Crippen LogP contribution in [-0.4, -0.2) is 27.7 Å². The van der Waals surface area contributed by atoms with Gasteiger partial charge in [-0.3, -0.25) is 5.32 Å². The van der Waals surface area contributed by atoms with Crippen LogP contribution >= 0.6 is 23.2 Å². The Morgan fingerprint density at radius 3 is 3.00 bits per heavy atom. The first-order valence-corrected chi connectivity index (χ1v) is 8.48. The molecule has 3 heterocycles. The van der Waals surface area contributed by atoms with Crippen molar-refractivity contribution in [3.05, 3.63) is 57.8 Å². The Morgan fingerprint density at radius 2 is 2.16 bits per heavy atom. The minimum Gasteiger partial charge on any atom is -0.350 e. The molecule has 1 aliphatic heterocycles. The van der Waals surface area contributed by atoms with Gasteiger partial charge in [-0.25, -0.2) is 9.78 Å². The number of halogens is 2. The topological polar surface area (TPSA) is 70.2 Å². The number of amides is 1. The summed E-state index contributed by atoms with van der Waals surface area (Å²) in [6, 6.07) is 8.77. The summed E-state index contributed by atoms with van der Waals surface area (Å²) < 4.78 is 0. The zero-order valence-corrected chi connectivity index (χ0v) is 14.6. The summed E-state index contributed by atoms with van der Waals surface area (Å²) in [6.45, 7) is 1.07. The zero-order valence-electron chi connectivity index (χ0n) is 13.1. The van der Waals surface area contributed by atoms with Gasteiger partial charge in [0.2, 0.25) is 0 Å². The predicted octanol–water partition coefficient (Wildman–Crippen LogP) is 4.39. The lowest BCUT2D eigenvalue weighted by Gasteiger charge is -2.25. The van der Waals surface area contributed by atoms with Crippen LogP contribution in [0, 0.1) is 0 Å². The summed E-state index contributed by atoms with van der Waals surface area (Å²) in [6.07, 6.45) is 1.79. The molecule has 2 N–H and O–H groups in total. The highest BCUT2D eigenvalue weighted by Gasteiger charge is 2.24. The summed E-state index contributed by atoms with van der Waals surface area (Å²) in [5.74, 6) is 0. The summed E-state index contributed by atoms with van der Waals surface area (Å²) in [5, 5.41) is 6.36. The molecule has 1 aromatic carbocycles. The van der Waals surface area contributed by atoms with Crippen molar-refractivity contribution in [3.8, 4) is 0 Å². The number of fused-ring (bicyclic) bond motifs is 3. The van der Waals surface area contributed by atoms with E-state index in [0.29, 0.717) is 28.8 Å². The Kier molecular flexibility index (Phi) is 4.25. The number of carbonyl (C=O) groups excluding carboxylic acids is 1. The molecule has 3 aromatic rings. The molecule has 0 bridgehead atoms. The van der Waals surface area contributed by atoms with E-state index in [-0.39, 0.29) is 0 Å². The third kappa shape index (κ3) is 3.42. The number of aromatic amines is 1. The van der Waals surface area contributed by atoms with Crippen molar-refractivity contribution in [2.24, 2.45) is 0 Å². The van der Waals surface area contributed by atoms with Crippen LogP contribution in [0.3, 0.4) is 0 Å². The van der Waals surface area contributed by atoms with Gasteiger partial charge in [0, 0.05) is 41.0 Å². The summed E-state index contributed by atoms with van der Waals surface area (Å²) in [4.78, 5) is 25.1. The highest BCUT2D eigenvalue weighted by atomic mass is 35.5. The number of pyridine rings is 1. The molecule has 25 heavy (non-hydrogen) atoms. The van der Waals surface area contributed by atoms with Gasteiger partial charge >= 0.3 is 6.09 Å². The van der Waals surface area contributed by atoms with E-state index in [4.69, 9.17) is 28.0 Å². The fraction of sp³-hybridized carbons (Fsp3) is 0.176. The molecule has 1 amide bonds. The van der Waals surface area contributed by atoms with E-state index >= 15 is 0 Å². The Morgan fingerprint density at radius 1 is 1.28 bits per heavy atom. The Labute approximate surface area is 153 Å². The molecule has 4 rings (SSSR count). The molecule has 8 heteroatoms. The largest absolute Gasteiger partial charge is 0.430 e. The van der Waals surface area contributed by atoms with Crippen molar-refractivity contribution >= 4 is 46.0 Å². The molecule has 0 fully saturated rings. The Balaban J connectivity index is 1.48. The second-order valence-electron chi connectivity index (χ2n) is 5.76. The molecular formula is C17H14Cl2N4O2. The van der Waals surface area contributed by atoms with Crippen molar-refractivity contribution in [2.45, 2.75) is 13.0 Å². The molecule has 0 unspecified atom stereocenters. The summed E-state index contributed by atoms with van der Waals surface area (Å²) >= 11 is 12.0. The van der Waals surface area contributed by atoms with Crippen molar-refractivity contribution in [3.63, 3.8) is 0 Å². The van der Waals surface area contributed by atoms with Crippen LogP contribution in [0.1, 0.15) is 11.3 Å². The molecule has 1 aliphatic rings. The normalized spacial score (nSPS) is 14.3. The smallest absolute Gasteiger partial charge is 0.350 e. The minimum atomic E-state index is -0.554. The monoisotopic (exact) mass is 376 g/mol. The number of H-pyrrole nitrogens is 1. The lowest BCUT2D eigenvalue weighted by Crippen LogP contribution is -2.34. The number of aromatic nitrogens is 2. The highest BCUT2D eigenvalue weighted by Crippen LogP contribution is 2.28. The average molecular weight is 377 g/mol. The van der Waals surface area contributed by atoms with E-state index in [2.05, 4.69) is 15.3 Å². The number of nitrogens with one attached hydrogen (secondary N) is 2. The van der Waals surface area contributed by atoms with Crippen LogP contribution in [-0.2, 0) is 17.8 Å². The third-order valence-electron chi connectivity index (χ3n) is 4.04. The molecule has 0 spiro atoms. The number of hydrogen-bond acceptors (Lipinski definition) is 4. The molecule has 0 radical (unpaired) electrons. The fourth-order valence-electron chi connectivity index (χ4n) is 2.94. The number of benzene rings is 1. The SMILES string of the molecule is O=C(Nc1cccc(Cl)c1)ON1CCc2[nH]c3ncc(Cl)cc3c2C1. The number of rotatable bonds is 2. The second kappa shape index (κ2) is 6.55. The number of hydrogen-bond donors (Lipinski definition) is 2. The molecular weight excluding hydrogens is 363 g/mol. The first-order chi connectivity index (χ1) is 12.1. The second-order valence-corrected chi connectivity index (χ2v) is 6.63. The maximum Gasteiger partial charge on any atom is 0.430 e. The lowest BCUT2D eigenvalue weighted by molar-refractivity contribution is -0.105. The number of hydroxylamine groups is 2. The Hall–Kier alpha value is -2.28. The van der Waals surface area contributed by atoms with Gasteiger partial charge in [0.25, 0.3) is 0 Å². The first kappa shape index (κ1) is 16.2. The highest BCUT2D eigenvalue weighted by molar-refractivity contribution is 6.31. The van der Waals surface area contributed by atoms with Crippen molar-refractivity contribution in [2.75, 3.05) is 11.9 Å². The van der Waals surface area contributed by atoms with Crippen LogP contribution in [0.4, 0.5) is 10.5 Å². The van der Waals surface area contributed by atoms with E-state index in [1.165, 1.54) is 0 Å². The van der Waals surface area contributed by atoms with E-state index < -0.39 is 6.09 Å². The van der Waals surface area contributed by atoms with E-state index in [0.717, 1.165) is 28.7 Å². The van der Waals surface area contributed by atoms with Crippen molar-refractivity contribution < 1.29 is 9.63 Å². The van der Waals surface area contributed by atoms with Gasteiger partial charge in [-0.1, -0.05) is 29.3 Å². The Bertz CT molecular complexity index is 957. The summed E-state index contributed by atoms with van der Waals surface area (Å²) in [5.41, 5.74) is 3.52. The van der Waals surface area contributed by atoms with Gasteiger partial charge in [0.1, 0.15) is 5.65 Å². The molecule has 6 nitrogen and oxygen atoms in total. The molecule has 2 aromatic heterocycles. The quantitative estimate of drug-likeness (QED) is 0.695. The molecule has 0 atom stereocenters. The fourth-order valence-corrected chi connectivity index (χ4v) is 3.29. The van der Waals surface area contributed by atoms with Crippen LogP contribution in [0.2, 0.25) is 10.0 Å². The number of nitrogens with zero attached hydrogens (tertiary/aromatic N) is 2. The van der Waals surface area contributed by atoms with Crippen LogP contribution in [0.25, 0.3) is 11.0 Å². The third-order valence-corrected chi connectivity index (χ3v) is 4.48. The van der Waals surface area contributed by atoms with Gasteiger partial charge in [0.05, 0.1) is 11.6 Å². The van der Waals surface area contributed by atoms with E-state index in [9.17, 15) is 4.79 Å². The van der Waals surface area contributed by atoms with Gasteiger partial charge < -0.3 is 9.82 Å².